The minimum atomic E-state index is -2.50. The molecule has 1 aromatic carbocycles. The number of aromatic nitrogens is 5. The summed E-state index contributed by atoms with van der Waals surface area (Å²) in [5.74, 6) is -1.18. The van der Waals surface area contributed by atoms with Crippen LogP contribution in [0, 0.1) is 11.8 Å². The van der Waals surface area contributed by atoms with Crippen molar-refractivity contribution in [2.24, 2.45) is 18.9 Å². The van der Waals surface area contributed by atoms with Gasteiger partial charge in [-0.1, -0.05) is 35.5 Å². The number of hydrogen-bond donors (Lipinski definition) is 0. The molecule has 0 saturated heterocycles. The smallest absolute Gasteiger partial charge is 0.254 e. The Morgan fingerprint density at radius 3 is 2.74 bits per heavy atom. The van der Waals surface area contributed by atoms with Crippen molar-refractivity contribution in [2.75, 3.05) is 0 Å². The van der Waals surface area contributed by atoms with Gasteiger partial charge in [0, 0.05) is 30.4 Å². The fourth-order valence-corrected chi connectivity index (χ4v) is 4.13. The standard InChI is InChI=1S/C19H19F2N5O/c1-26-16(23-17(24-26)11-5-3-2-4-6-11)10-15-22-18(27-25-15)12-7-8-13-14(9-12)19(13,20)21/h2-6,12-14H,7-10H2,1H3. The maximum Gasteiger partial charge on any atom is 0.254 e. The number of aryl methyl sites for hydroxylation is 1. The molecule has 2 aliphatic carbocycles. The second-order valence-electron chi connectivity index (χ2n) is 7.46. The number of fused-ring (bicyclic) bond motifs is 1. The van der Waals surface area contributed by atoms with Crippen molar-refractivity contribution in [1.82, 2.24) is 24.9 Å². The predicted octanol–water partition coefficient (Wildman–Crippen LogP) is 3.60. The van der Waals surface area contributed by atoms with Crippen molar-refractivity contribution < 1.29 is 13.3 Å². The normalized spacial score (nSPS) is 26.0. The van der Waals surface area contributed by atoms with E-state index in [4.69, 9.17) is 4.52 Å². The lowest BCUT2D eigenvalue weighted by Crippen LogP contribution is -2.07. The Morgan fingerprint density at radius 2 is 1.96 bits per heavy atom. The quantitative estimate of drug-likeness (QED) is 0.701. The molecule has 2 aromatic heterocycles. The molecule has 3 unspecified atom stereocenters. The van der Waals surface area contributed by atoms with Crippen molar-refractivity contribution in [2.45, 2.75) is 37.5 Å². The van der Waals surface area contributed by atoms with E-state index in [1.54, 1.807) is 4.68 Å². The summed E-state index contributed by atoms with van der Waals surface area (Å²) in [6, 6.07) is 9.73. The average Bonchev–Trinajstić information content (AvgIpc) is 3.04. The zero-order valence-corrected chi connectivity index (χ0v) is 14.8. The van der Waals surface area contributed by atoms with Crippen LogP contribution >= 0.6 is 0 Å². The molecule has 0 aliphatic heterocycles. The lowest BCUT2D eigenvalue weighted by Gasteiger charge is -2.15. The van der Waals surface area contributed by atoms with Crippen molar-refractivity contribution in [3.05, 3.63) is 47.9 Å². The van der Waals surface area contributed by atoms with Gasteiger partial charge in [-0.3, -0.25) is 4.68 Å². The Hall–Kier alpha value is -2.64. The van der Waals surface area contributed by atoms with Crippen LogP contribution < -0.4 is 0 Å². The first-order chi connectivity index (χ1) is 13.0. The SMILES string of the molecule is Cn1nc(-c2ccccc2)nc1Cc1noc(C2CCC3C(C2)C3(F)F)n1. The molecule has 5 rings (SSSR count). The Kier molecular flexibility index (Phi) is 3.63. The summed E-state index contributed by atoms with van der Waals surface area (Å²) in [7, 11) is 1.83. The van der Waals surface area contributed by atoms with Gasteiger partial charge in [0.25, 0.3) is 5.92 Å². The number of halogens is 2. The molecule has 2 fully saturated rings. The van der Waals surface area contributed by atoms with Crippen LogP contribution in [-0.2, 0) is 13.5 Å². The minimum absolute atomic E-state index is 0.0692. The largest absolute Gasteiger partial charge is 0.339 e. The van der Waals surface area contributed by atoms with Crippen molar-refractivity contribution in [3.8, 4) is 11.4 Å². The lowest BCUT2D eigenvalue weighted by atomic mass is 9.89. The summed E-state index contributed by atoms with van der Waals surface area (Å²) in [4.78, 5) is 9.02. The van der Waals surface area contributed by atoms with Gasteiger partial charge in [-0.25, -0.2) is 13.8 Å². The highest BCUT2D eigenvalue weighted by Gasteiger charge is 2.69. The molecule has 2 saturated carbocycles. The zero-order valence-electron chi connectivity index (χ0n) is 14.8. The molecular weight excluding hydrogens is 352 g/mol. The summed E-state index contributed by atoms with van der Waals surface area (Å²) < 4.78 is 34.3. The van der Waals surface area contributed by atoms with Crippen LogP contribution in [0.5, 0.6) is 0 Å². The molecule has 140 valence electrons. The predicted molar refractivity (Wildman–Crippen MR) is 92.1 cm³/mol. The first-order valence-corrected chi connectivity index (χ1v) is 9.18. The van der Waals surface area contributed by atoms with Gasteiger partial charge in [-0.15, -0.1) is 0 Å². The molecule has 6 nitrogen and oxygen atoms in total. The fraction of sp³-hybridized carbons (Fsp3) is 0.474. The minimum Gasteiger partial charge on any atom is -0.339 e. The highest BCUT2D eigenvalue weighted by Crippen LogP contribution is 2.64. The van der Waals surface area contributed by atoms with Crippen LogP contribution in [0.25, 0.3) is 11.4 Å². The molecule has 0 amide bonds. The Bertz CT molecular complexity index is 968. The van der Waals surface area contributed by atoms with Crippen molar-refractivity contribution >= 4 is 0 Å². The number of hydrogen-bond acceptors (Lipinski definition) is 5. The van der Waals surface area contributed by atoms with Gasteiger partial charge < -0.3 is 4.52 Å². The summed E-state index contributed by atoms with van der Waals surface area (Å²) in [6.45, 7) is 0. The van der Waals surface area contributed by atoms with Gasteiger partial charge in [0.1, 0.15) is 5.82 Å². The first kappa shape index (κ1) is 16.5. The number of alkyl halides is 2. The van der Waals surface area contributed by atoms with Gasteiger partial charge in [-0.2, -0.15) is 10.1 Å². The van der Waals surface area contributed by atoms with E-state index in [-0.39, 0.29) is 5.92 Å². The van der Waals surface area contributed by atoms with E-state index in [1.807, 2.05) is 37.4 Å². The third kappa shape index (κ3) is 2.83. The van der Waals surface area contributed by atoms with Crippen molar-refractivity contribution in [1.29, 1.82) is 0 Å². The topological polar surface area (TPSA) is 69.6 Å². The average molecular weight is 371 g/mol. The van der Waals surface area contributed by atoms with E-state index in [0.29, 0.717) is 43.2 Å². The molecule has 8 heteroatoms. The van der Waals surface area contributed by atoms with E-state index in [2.05, 4.69) is 20.2 Å². The lowest BCUT2D eigenvalue weighted by molar-refractivity contribution is 0.0846. The van der Waals surface area contributed by atoms with E-state index in [9.17, 15) is 8.78 Å². The second kappa shape index (κ2) is 5.94. The molecule has 3 atom stereocenters. The first-order valence-electron chi connectivity index (χ1n) is 9.18. The molecule has 0 bridgehead atoms. The molecule has 0 N–H and O–H groups in total. The van der Waals surface area contributed by atoms with Crippen LogP contribution in [0.2, 0.25) is 0 Å². The van der Waals surface area contributed by atoms with E-state index < -0.39 is 17.8 Å². The molecular formula is C19H19F2N5O. The number of benzene rings is 1. The molecule has 2 heterocycles. The molecule has 0 radical (unpaired) electrons. The Morgan fingerprint density at radius 1 is 1.15 bits per heavy atom. The molecule has 27 heavy (non-hydrogen) atoms. The fourth-order valence-electron chi connectivity index (χ4n) is 4.13. The second-order valence-corrected chi connectivity index (χ2v) is 7.46. The third-order valence-corrected chi connectivity index (χ3v) is 5.76. The monoisotopic (exact) mass is 371 g/mol. The zero-order chi connectivity index (χ0) is 18.6. The molecule has 2 aliphatic rings. The highest BCUT2D eigenvalue weighted by molar-refractivity contribution is 5.54. The molecule has 3 aromatic rings. The van der Waals surface area contributed by atoms with E-state index >= 15 is 0 Å². The third-order valence-electron chi connectivity index (χ3n) is 5.76. The number of rotatable bonds is 4. The van der Waals surface area contributed by atoms with Gasteiger partial charge in [-0.05, 0) is 19.3 Å². The summed E-state index contributed by atoms with van der Waals surface area (Å²) in [5, 5.41) is 8.47. The van der Waals surface area contributed by atoms with Gasteiger partial charge >= 0.3 is 0 Å². The van der Waals surface area contributed by atoms with Crippen LogP contribution in [0.15, 0.2) is 34.9 Å². The summed E-state index contributed by atoms with van der Waals surface area (Å²) in [6.07, 6.45) is 2.03. The maximum atomic E-state index is 13.6. The van der Waals surface area contributed by atoms with Crippen LogP contribution in [0.1, 0.15) is 42.7 Å². The summed E-state index contributed by atoms with van der Waals surface area (Å²) >= 11 is 0. The maximum absolute atomic E-state index is 13.6. The van der Waals surface area contributed by atoms with Crippen LogP contribution in [-0.4, -0.2) is 30.8 Å². The Balaban J connectivity index is 1.31. The molecule has 0 spiro atoms. The van der Waals surface area contributed by atoms with Crippen LogP contribution in [0.4, 0.5) is 8.78 Å². The van der Waals surface area contributed by atoms with Gasteiger partial charge in [0.2, 0.25) is 5.89 Å². The van der Waals surface area contributed by atoms with Gasteiger partial charge in [0.15, 0.2) is 11.6 Å². The Labute approximate surface area is 154 Å². The van der Waals surface area contributed by atoms with E-state index in [1.165, 1.54) is 0 Å². The van der Waals surface area contributed by atoms with Gasteiger partial charge in [0.05, 0.1) is 6.42 Å². The summed E-state index contributed by atoms with van der Waals surface area (Å²) in [5.41, 5.74) is 0.940. The van der Waals surface area contributed by atoms with Crippen molar-refractivity contribution in [3.63, 3.8) is 0 Å². The number of nitrogens with zero attached hydrogens (tertiary/aromatic N) is 5. The van der Waals surface area contributed by atoms with E-state index in [0.717, 1.165) is 11.4 Å². The van der Waals surface area contributed by atoms with Crippen LogP contribution in [0.3, 0.4) is 0 Å². The highest BCUT2D eigenvalue weighted by atomic mass is 19.3.